The molecule has 1 aliphatic carbocycles. The molecule has 0 bridgehead atoms. The Morgan fingerprint density at radius 1 is 1.17 bits per heavy atom. The molecule has 1 aliphatic heterocycles. The van der Waals surface area contributed by atoms with Gasteiger partial charge >= 0.3 is 0 Å². The molecule has 7 nitrogen and oxygen atoms in total. The van der Waals surface area contributed by atoms with Crippen LogP contribution in [0.5, 0.6) is 0 Å². The van der Waals surface area contributed by atoms with Crippen molar-refractivity contribution in [3.8, 4) is 0 Å². The monoisotopic (exact) mass is 328 g/mol. The molecule has 1 fully saturated rings. The second kappa shape index (κ2) is 6.47. The molecule has 1 saturated heterocycles. The number of nitrogens with zero attached hydrogens (tertiary/aromatic N) is 6. The summed E-state index contributed by atoms with van der Waals surface area (Å²) in [6, 6.07) is 0.163. The molecule has 0 aromatic carbocycles. The third kappa shape index (κ3) is 2.77. The number of fused-ring (bicyclic) bond motifs is 1. The highest BCUT2D eigenvalue weighted by atomic mass is 16.5. The summed E-state index contributed by atoms with van der Waals surface area (Å²) in [5.41, 5.74) is 2.61. The van der Waals surface area contributed by atoms with E-state index in [-0.39, 0.29) is 6.04 Å². The first-order valence-electron chi connectivity index (χ1n) is 8.90. The summed E-state index contributed by atoms with van der Waals surface area (Å²) < 4.78 is 5.41. The van der Waals surface area contributed by atoms with Gasteiger partial charge in [-0.1, -0.05) is 12.1 Å². The molecule has 1 atom stereocenters. The molecule has 24 heavy (non-hydrogen) atoms. The predicted octanol–water partition coefficient (Wildman–Crippen LogP) is 1.79. The first-order chi connectivity index (χ1) is 11.8. The average Bonchev–Trinajstić information content (AvgIpc) is 3.30. The van der Waals surface area contributed by atoms with Crippen LogP contribution in [0.2, 0.25) is 0 Å². The van der Waals surface area contributed by atoms with Crippen molar-refractivity contribution in [1.29, 1.82) is 0 Å². The SMILES string of the molecule is CCc1noc(C(C)N2CCN(c3ncnc4c3CCC4)CC2)n1. The largest absolute Gasteiger partial charge is 0.354 e. The van der Waals surface area contributed by atoms with Gasteiger partial charge in [0, 0.05) is 43.9 Å². The minimum atomic E-state index is 0.163. The number of rotatable bonds is 4. The topological polar surface area (TPSA) is 71.2 Å². The molecule has 0 radical (unpaired) electrons. The predicted molar refractivity (Wildman–Crippen MR) is 89.9 cm³/mol. The van der Waals surface area contributed by atoms with Gasteiger partial charge in [0.05, 0.1) is 6.04 Å². The highest BCUT2D eigenvalue weighted by Gasteiger charge is 2.28. The Hall–Kier alpha value is -2.02. The summed E-state index contributed by atoms with van der Waals surface area (Å²) in [7, 11) is 0. The van der Waals surface area contributed by atoms with Gasteiger partial charge in [0.25, 0.3) is 0 Å². The third-order valence-corrected chi connectivity index (χ3v) is 5.17. The molecule has 3 heterocycles. The molecule has 0 spiro atoms. The molecule has 2 aliphatic rings. The zero-order valence-corrected chi connectivity index (χ0v) is 14.4. The zero-order chi connectivity index (χ0) is 16.5. The first kappa shape index (κ1) is 15.5. The Morgan fingerprint density at radius 2 is 2.00 bits per heavy atom. The molecule has 4 rings (SSSR count). The lowest BCUT2D eigenvalue weighted by Gasteiger charge is -2.37. The van der Waals surface area contributed by atoms with Gasteiger partial charge in [-0.05, 0) is 26.2 Å². The van der Waals surface area contributed by atoms with Crippen LogP contribution in [0.4, 0.5) is 5.82 Å². The number of aryl methyl sites for hydroxylation is 2. The van der Waals surface area contributed by atoms with Crippen molar-refractivity contribution in [2.24, 2.45) is 0 Å². The molecular formula is C17H24N6O. The third-order valence-electron chi connectivity index (χ3n) is 5.17. The van der Waals surface area contributed by atoms with Crippen LogP contribution in [-0.4, -0.2) is 51.2 Å². The van der Waals surface area contributed by atoms with E-state index in [2.05, 4.69) is 36.8 Å². The minimum Gasteiger partial charge on any atom is -0.354 e. The van der Waals surface area contributed by atoms with Gasteiger partial charge in [0.15, 0.2) is 5.82 Å². The normalized spacial score (nSPS) is 19.5. The Balaban J connectivity index is 1.43. The number of anilines is 1. The Morgan fingerprint density at radius 3 is 2.75 bits per heavy atom. The second-order valence-electron chi connectivity index (χ2n) is 6.58. The van der Waals surface area contributed by atoms with E-state index >= 15 is 0 Å². The van der Waals surface area contributed by atoms with Crippen LogP contribution >= 0.6 is 0 Å². The van der Waals surface area contributed by atoms with Gasteiger partial charge in [-0.25, -0.2) is 9.97 Å². The quantitative estimate of drug-likeness (QED) is 0.847. The molecule has 1 unspecified atom stereocenters. The number of piperazine rings is 1. The van der Waals surface area contributed by atoms with Gasteiger partial charge < -0.3 is 9.42 Å². The number of hydrogen-bond acceptors (Lipinski definition) is 7. The van der Waals surface area contributed by atoms with E-state index in [0.717, 1.165) is 63.0 Å². The summed E-state index contributed by atoms with van der Waals surface area (Å²) in [6.45, 7) is 8.09. The Kier molecular flexibility index (Phi) is 4.18. The maximum Gasteiger partial charge on any atom is 0.243 e. The molecule has 7 heteroatoms. The van der Waals surface area contributed by atoms with Crippen molar-refractivity contribution < 1.29 is 4.52 Å². The lowest BCUT2D eigenvalue weighted by molar-refractivity contribution is 0.164. The van der Waals surface area contributed by atoms with Gasteiger partial charge in [-0.2, -0.15) is 4.98 Å². The first-order valence-corrected chi connectivity index (χ1v) is 8.90. The highest BCUT2D eigenvalue weighted by molar-refractivity contribution is 5.50. The van der Waals surface area contributed by atoms with E-state index in [1.54, 1.807) is 6.33 Å². The van der Waals surface area contributed by atoms with E-state index in [9.17, 15) is 0 Å². The fourth-order valence-corrected chi connectivity index (χ4v) is 3.67. The minimum absolute atomic E-state index is 0.163. The molecule has 0 amide bonds. The summed E-state index contributed by atoms with van der Waals surface area (Å²) in [6.07, 6.45) is 5.94. The van der Waals surface area contributed by atoms with Gasteiger partial charge in [-0.15, -0.1) is 0 Å². The van der Waals surface area contributed by atoms with Gasteiger partial charge in [0.1, 0.15) is 12.1 Å². The maximum atomic E-state index is 5.41. The standard InChI is InChI=1S/C17H24N6O/c1-3-15-20-17(24-21-15)12(2)22-7-9-23(10-8-22)16-13-5-4-6-14(13)18-11-19-16/h11-12H,3-10H2,1-2H3. The van der Waals surface area contributed by atoms with E-state index in [1.165, 1.54) is 17.7 Å². The lowest BCUT2D eigenvalue weighted by atomic mass is 10.2. The van der Waals surface area contributed by atoms with E-state index in [1.807, 2.05) is 6.92 Å². The summed E-state index contributed by atoms with van der Waals surface area (Å²) in [5.74, 6) is 2.66. The van der Waals surface area contributed by atoms with E-state index < -0.39 is 0 Å². The smallest absolute Gasteiger partial charge is 0.243 e. The lowest BCUT2D eigenvalue weighted by Crippen LogP contribution is -2.47. The molecule has 0 N–H and O–H groups in total. The fraction of sp³-hybridized carbons (Fsp3) is 0.647. The molecular weight excluding hydrogens is 304 g/mol. The van der Waals surface area contributed by atoms with Crippen LogP contribution < -0.4 is 4.90 Å². The van der Waals surface area contributed by atoms with Crippen LogP contribution in [0, 0.1) is 0 Å². The maximum absolute atomic E-state index is 5.41. The van der Waals surface area contributed by atoms with Crippen molar-refractivity contribution in [1.82, 2.24) is 25.0 Å². The average molecular weight is 328 g/mol. The molecule has 0 saturated carbocycles. The van der Waals surface area contributed by atoms with Gasteiger partial charge in [-0.3, -0.25) is 4.90 Å². The van der Waals surface area contributed by atoms with Crippen molar-refractivity contribution in [2.75, 3.05) is 31.1 Å². The van der Waals surface area contributed by atoms with Crippen molar-refractivity contribution in [3.63, 3.8) is 0 Å². The van der Waals surface area contributed by atoms with Gasteiger partial charge in [0.2, 0.25) is 5.89 Å². The van der Waals surface area contributed by atoms with Crippen molar-refractivity contribution >= 4 is 5.82 Å². The van der Waals surface area contributed by atoms with E-state index in [0.29, 0.717) is 0 Å². The zero-order valence-electron chi connectivity index (χ0n) is 14.4. The summed E-state index contributed by atoms with van der Waals surface area (Å²) in [4.78, 5) is 18.3. The van der Waals surface area contributed by atoms with Crippen LogP contribution in [0.15, 0.2) is 10.9 Å². The molecule has 2 aromatic rings. The molecule has 2 aromatic heterocycles. The van der Waals surface area contributed by atoms with Crippen LogP contribution in [-0.2, 0) is 19.3 Å². The van der Waals surface area contributed by atoms with Crippen molar-refractivity contribution in [3.05, 3.63) is 29.3 Å². The highest BCUT2D eigenvalue weighted by Crippen LogP contribution is 2.29. The fourth-order valence-electron chi connectivity index (χ4n) is 3.67. The van der Waals surface area contributed by atoms with Crippen LogP contribution in [0.25, 0.3) is 0 Å². The Bertz CT molecular complexity index is 707. The Labute approximate surface area is 142 Å². The summed E-state index contributed by atoms with van der Waals surface area (Å²) in [5, 5.41) is 4.01. The van der Waals surface area contributed by atoms with Crippen molar-refractivity contribution in [2.45, 2.75) is 45.6 Å². The van der Waals surface area contributed by atoms with E-state index in [4.69, 9.17) is 4.52 Å². The van der Waals surface area contributed by atoms with Crippen LogP contribution in [0.1, 0.15) is 49.3 Å². The summed E-state index contributed by atoms with van der Waals surface area (Å²) >= 11 is 0. The molecule has 128 valence electrons. The second-order valence-corrected chi connectivity index (χ2v) is 6.58. The number of hydrogen-bond donors (Lipinski definition) is 0. The number of aromatic nitrogens is 4. The van der Waals surface area contributed by atoms with Crippen LogP contribution in [0.3, 0.4) is 0 Å².